The van der Waals surface area contributed by atoms with Crippen molar-refractivity contribution < 1.29 is 22.2 Å². The topological polar surface area (TPSA) is 80.8 Å². The van der Waals surface area contributed by atoms with Crippen LogP contribution in [0.15, 0.2) is 71.6 Å². The van der Waals surface area contributed by atoms with Gasteiger partial charge in [-0.1, -0.05) is 42.5 Å². The molecule has 0 fully saturated rings. The fourth-order valence-corrected chi connectivity index (χ4v) is 4.01. The molecule has 0 saturated carbocycles. The van der Waals surface area contributed by atoms with Crippen LogP contribution in [0.3, 0.4) is 0 Å². The van der Waals surface area contributed by atoms with E-state index >= 15 is 0 Å². The normalized spacial score (nSPS) is 14.0. The number of nitrogens with zero attached hydrogens (tertiary/aromatic N) is 1. The van der Waals surface area contributed by atoms with Crippen LogP contribution in [0, 0.1) is 0 Å². The van der Waals surface area contributed by atoms with Crippen molar-refractivity contribution in [1.29, 1.82) is 0 Å². The van der Waals surface area contributed by atoms with Gasteiger partial charge < -0.3 is 0 Å². The van der Waals surface area contributed by atoms with E-state index in [1.165, 1.54) is 12.1 Å². The van der Waals surface area contributed by atoms with Crippen molar-refractivity contribution >= 4 is 32.7 Å². The van der Waals surface area contributed by atoms with Gasteiger partial charge in [-0.05, 0) is 35.0 Å². The maximum absolute atomic E-state index is 12.4. The van der Waals surface area contributed by atoms with Crippen LogP contribution in [0.4, 0.5) is 0 Å². The quantitative estimate of drug-likeness (QED) is 0.501. The SMILES string of the molecule is O=C1c2ccccc2C(=O)N1CCOS(=O)(=O)c1ccc2ccccc2c1. The van der Waals surface area contributed by atoms with Crippen molar-refractivity contribution in [3.05, 3.63) is 77.9 Å². The molecule has 0 spiro atoms. The average molecular weight is 381 g/mol. The molecular formula is C20H15NO5S. The van der Waals surface area contributed by atoms with Gasteiger partial charge in [-0.25, -0.2) is 0 Å². The third-order valence-electron chi connectivity index (χ3n) is 4.44. The molecule has 0 radical (unpaired) electrons. The molecule has 0 saturated heterocycles. The largest absolute Gasteiger partial charge is 0.297 e. The van der Waals surface area contributed by atoms with Crippen molar-refractivity contribution in [1.82, 2.24) is 4.90 Å². The zero-order valence-electron chi connectivity index (χ0n) is 14.2. The standard InChI is InChI=1S/C20H15NO5S/c22-19-17-7-3-4-8-18(17)20(23)21(19)11-12-26-27(24,25)16-10-9-14-5-1-2-6-15(14)13-16/h1-10,13H,11-12H2. The van der Waals surface area contributed by atoms with E-state index in [1.807, 2.05) is 24.3 Å². The Bertz CT molecular complexity index is 1130. The van der Waals surface area contributed by atoms with Gasteiger partial charge in [0.1, 0.15) is 0 Å². The zero-order valence-corrected chi connectivity index (χ0v) is 15.0. The molecule has 6 nitrogen and oxygen atoms in total. The lowest BCUT2D eigenvalue weighted by Crippen LogP contribution is -2.33. The summed E-state index contributed by atoms with van der Waals surface area (Å²) in [6.45, 7) is -0.445. The Morgan fingerprint density at radius 2 is 1.37 bits per heavy atom. The third-order valence-corrected chi connectivity index (χ3v) is 5.75. The summed E-state index contributed by atoms with van der Waals surface area (Å²) in [5.74, 6) is -0.885. The van der Waals surface area contributed by atoms with Crippen LogP contribution in [0.25, 0.3) is 10.8 Å². The molecule has 0 aromatic heterocycles. The minimum absolute atomic E-state index is 0.0311. The number of imide groups is 1. The highest BCUT2D eigenvalue weighted by atomic mass is 32.2. The molecule has 0 aliphatic carbocycles. The van der Waals surface area contributed by atoms with E-state index in [0.29, 0.717) is 11.1 Å². The monoisotopic (exact) mass is 381 g/mol. The molecule has 3 aromatic carbocycles. The van der Waals surface area contributed by atoms with Gasteiger partial charge in [0.15, 0.2) is 0 Å². The molecule has 136 valence electrons. The lowest BCUT2D eigenvalue weighted by molar-refractivity contribution is 0.0632. The molecule has 0 bridgehead atoms. The van der Waals surface area contributed by atoms with Gasteiger partial charge in [-0.3, -0.25) is 18.7 Å². The van der Waals surface area contributed by atoms with Gasteiger partial charge in [-0.2, -0.15) is 8.42 Å². The molecule has 1 aliphatic rings. The van der Waals surface area contributed by atoms with E-state index in [0.717, 1.165) is 15.7 Å². The van der Waals surface area contributed by atoms with Crippen molar-refractivity contribution in [2.45, 2.75) is 4.90 Å². The van der Waals surface area contributed by atoms with Crippen molar-refractivity contribution in [3.8, 4) is 0 Å². The van der Waals surface area contributed by atoms with Gasteiger partial charge in [0.25, 0.3) is 21.9 Å². The molecule has 2 amide bonds. The second-order valence-electron chi connectivity index (χ2n) is 6.09. The number of hydrogen-bond donors (Lipinski definition) is 0. The molecule has 4 rings (SSSR count). The van der Waals surface area contributed by atoms with E-state index in [1.54, 1.807) is 30.3 Å². The summed E-state index contributed by atoms with van der Waals surface area (Å²) in [6.07, 6.45) is 0. The maximum Gasteiger partial charge on any atom is 0.297 e. The number of benzene rings is 3. The Labute approximate surface area is 156 Å². The second kappa shape index (κ2) is 6.61. The van der Waals surface area contributed by atoms with Crippen molar-refractivity contribution in [2.75, 3.05) is 13.2 Å². The van der Waals surface area contributed by atoms with E-state index in [9.17, 15) is 18.0 Å². The predicted molar refractivity (Wildman–Crippen MR) is 98.9 cm³/mol. The number of fused-ring (bicyclic) bond motifs is 2. The van der Waals surface area contributed by atoms with Crippen LogP contribution < -0.4 is 0 Å². The molecule has 1 heterocycles. The van der Waals surface area contributed by atoms with Crippen LogP contribution in [0.5, 0.6) is 0 Å². The number of hydrogen-bond acceptors (Lipinski definition) is 5. The Balaban J connectivity index is 1.47. The Morgan fingerprint density at radius 1 is 0.778 bits per heavy atom. The van der Waals surface area contributed by atoms with Crippen LogP contribution in [-0.4, -0.2) is 38.3 Å². The summed E-state index contributed by atoms with van der Waals surface area (Å²) in [7, 11) is -4.00. The smallest absolute Gasteiger partial charge is 0.272 e. The highest BCUT2D eigenvalue weighted by molar-refractivity contribution is 7.86. The van der Waals surface area contributed by atoms with E-state index in [2.05, 4.69) is 0 Å². The molecule has 3 aromatic rings. The lowest BCUT2D eigenvalue weighted by atomic mass is 10.1. The molecule has 7 heteroatoms. The average Bonchev–Trinajstić information content (AvgIpc) is 2.93. The molecular weight excluding hydrogens is 366 g/mol. The molecule has 0 atom stereocenters. The number of carbonyl (C=O) groups excluding carboxylic acids is 2. The Hall–Kier alpha value is -3.03. The predicted octanol–water partition coefficient (Wildman–Crippen LogP) is 2.84. The van der Waals surface area contributed by atoms with Gasteiger partial charge in [0, 0.05) is 0 Å². The van der Waals surface area contributed by atoms with Gasteiger partial charge >= 0.3 is 0 Å². The summed E-state index contributed by atoms with van der Waals surface area (Å²) in [5, 5.41) is 1.70. The van der Waals surface area contributed by atoms with E-state index in [-0.39, 0.29) is 18.0 Å². The Morgan fingerprint density at radius 3 is 2.04 bits per heavy atom. The first-order valence-corrected chi connectivity index (χ1v) is 9.72. The summed E-state index contributed by atoms with van der Waals surface area (Å²) >= 11 is 0. The highest BCUT2D eigenvalue weighted by Crippen LogP contribution is 2.23. The van der Waals surface area contributed by atoms with Crippen molar-refractivity contribution in [2.24, 2.45) is 0 Å². The fraction of sp³-hybridized carbons (Fsp3) is 0.100. The minimum Gasteiger partial charge on any atom is -0.272 e. The van der Waals surface area contributed by atoms with Crippen LogP contribution >= 0.6 is 0 Å². The number of rotatable bonds is 5. The summed E-state index contributed by atoms with van der Waals surface area (Å²) in [5.41, 5.74) is 0.639. The lowest BCUT2D eigenvalue weighted by Gasteiger charge is -2.14. The summed E-state index contributed by atoms with van der Waals surface area (Å²) in [4.78, 5) is 25.6. The Kier molecular flexibility index (Phi) is 4.25. The maximum atomic E-state index is 12.4. The third kappa shape index (κ3) is 3.11. The number of amides is 2. The van der Waals surface area contributed by atoms with Crippen LogP contribution in [-0.2, 0) is 14.3 Å². The van der Waals surface area contributed by atoms with Gasteiger partial charge in [0.2, 0.25) is 0 Å². The van der Waals surface area contributed by atoms with Gasteiger partial charge in [0.05, 0.1) is 29.2 Å². The van der Waals surface area contributed by atoms with Crippen LogP contribution in [0.2, 0.25) is 0 Å². The zero-order chi connectivity index (χ0) is 19.0. The summed E-state index contributed by atoms with van der Waals surface area (Å²) < 4.78 is 29.9. The first kappa shape index (κ1) is 17.4. The van der Waals surface area contributed by atoms with E-state index in [4.69, 9.17) is 4.18 Å². The minimum atomic E-state index is -4.00. The van der Waals surface area contributed by atoms with Crippen LogP contribution in [0.1, 0.15) is 20.7 Å². The van der Waals surface area contributed by atoms with E-state index < -0.39 is 21.9 Å². The first-order chi connectivity index (χ1) is 13.0. The molecule has 0 unspecified atom stereocenters. The molecule has 1 aliphatic heterocycles. The highest BCUT2D eigenvalue weighted by Gasteiger charge is 2.35. The first-order valence-electron chi connectivity index (χ1n) is 8.31. The van der Waals surface area contributed by atoms with Crippen molar-refractivity contribution in [3.63, 3.8) is 0 Å². The fourth-order valence-electron chi connectivity index (χ4n) is 3.07. The number of carbonyl (C=O) groups is 2. The summed E-state index contributed by atoms with van der Waals surface area (Å²) in [6, 6.07) is 18.6. The molecule has 0 N–H and O–H groups in total. The second-order valence-corrected chi connectivity index (χ2v) is 7.71. The molecule has 27 heavy (non-hydrogen) atoms. The van der Waals surface area contributed by atoms with Gasteiger partial charge in [-0.15, -0.1) is 0 Å².